The molecule has 1 unspecified atom stereocenters. The van der Waals surface area contributed by atoms with E-state index < -0.39 is 0 Å². The molecule has 0 radical (unpaired) electrons. The quantitative estimate of drug-likeness (QED) is 0.848. The van der Waals surface area contributed by atoms with Crippen LogP contribution >= 0.6 is 0 Å². The molecule has 1 heterocycles. The van der Waals surface area contributed by atoms with Crippen LogP contribution in [0.25, 0.3) is 0 Å². The van der Waals surface area contributed by atoms with Gasteiger partial charge < -0.3 is 4.74 Å². The summed E-state index contributed by atoms with van der Waals surface area (Å²) in [4.78, 5) is 0. The number of rotatable bonds is 5. The van der Waals surface area contributed by atoms with Crippen LogP contribution in [0.1, 0.15) is 57.6 Å². The number of hydrogen-bond donors (Lipinski definition) is 1. The molecule has 0 aromatic heterocycles. The highest BCUT2D eigenvalue weighted by atomic mass is 16.5. The third-order valence-corrected chi connectivity index (χ3v) is 3.73. The monoisotopic (exact) mass is 247 g/mol. The van der Waals surface area contributed by atoms with Crippen LogP contribution in [0.5, 0.6) is 0 Å². The fourth-order valence-corrected chi connectivity index (χ4v) is 2.96. The zero-order chi connectivity index (χ0) is 12.8. The Hall–Kier alpha value is -0.860. The predicted molar refractivity (Wildman–Crippen MR) is 75.4 cm³/mol. The van der Waals surface area contributed by atoms with Gasteiger partial charge in [0.05, 0.1) is 6.61 Å². The van der Waals surface area contributed by atoms with Gasteiger partial charge in [0.1, 0.15) is 5.72 Å². The van der Waals surface area contributed by atoms with Crippen molar-refractivity contribution >= 4 is 0 Å². The summed E-state index contributed by atoms with van der Waals surface area (Å²) in [6.45, 7) is 5.33. The molecular weight excluding hydrogens is 222 g/mol. The molecule has 1 atom stereocenters. The van der Waals surface area contributed by atoms with Gasteiger partial charge in [0, 0.05) is 6.04 Å². The maximum absolute atomic E-state index is 6.09. The van der Waals surface area contributed by atoms with E-state index in [4.69, 9.17) is 4.74 Å². The summed E-state index contributed by atoms with van der Waals surface area (Å²) >= 11 is 0. The van der Waals surface area contributed by atoms with E-state index in [0.717, 1.165) is 38.7 Å². The summed E-state index contributed by atoms with van der Waals surface area (Å²) in [6.07, 6.45) is 5.59. The Balaban J connectivity index is 2.11. The number of ether oxygens (including phenoxy) is 1. The van der Waals surface area contributed by atoms with Crippen molar-refractivity contribution in [1.82, 2.24) is 5.32 Å². The molecule has 2 heteroatoms. The Bertz CT molecular complexity index is 338. The molecule has 100 valence electrons. The standard InChI is InChI=1S/C16H25NO/c1-3-11-16(12-4-2)17-15(10-13-18-16)14-8-6-5-7-9-14/h5-9,15,17H,3-4,10-13H2,1-2H3. The molecule has 1 fully saturated rings. The van der Waals surface area contributed by atoms with Crippen molar-refractivity contribution in [1.29, 1.82) is 0 Å². The molecule has 1 N–H and O–H groups in total. The van der Waals surface area contributed by atoms with Gasteiger partial charge in [-0.3, -0.25) is 5.32 Å². The molecule has 1 aromatic rings. The van der Waals surface area contributed by atoms with Gasteiger partial charge in [-0.15, -0.1) is 0 Å². The third kappa shape index (κ3) is 3.12. The molecule has 0 spiro atoms. The molecule has 2 nitrogen and oxygen atoms in total. The largest absolute Gasteiger partial charge is 0.361 e. The summed E-state index contributed by atoms with van der Waals surface area (Å²) in [6, 6.07) is 11.2. The van der Waals surface area contributed by atoms with Crippen LogP contribution in [0.15, 0.2) is 30.3 Å². The van der Waals surface area contributed by atoms with Crippen molar-refractivity contribution in [3.63, 3.8) is 0 Å². The van der Waals surface area contributed by atoms with E-state index >= 15 is 0 Å². The zero-order valence-corrected chi connectivity index (χ0v) is 11.6. The highest BCUT2D eigenvalue weighted by Crippen LogP contribution is 2.32. The first-order valence-electron chi connectivity index (χ1n) is 7.26. The second-order valence-electron chi connectivity index (χ2n) is 5.24. The first-order valence-corrected chi connectivity index (χ1v) is 7.26. The van der Waals surface area contributed by atoms with Gasteiger partial charge in [-0.1, -0.05) is 57.0 Å². The first-order chi connectivity index (χ1) is 8.79. The van der Waals surface area contributed by atoms with Gasteiger partial charge in [0.15, 0.2) is 0 Å². The second-order valence-corrected chi connectivity index (χ2v) is 5.24. The normalized spacial score (nSPS) is 22.9. The first kappa shape index (κ1) is 13.6. The molecule has 1 saturated heterocycles. The lowest BCUT2D eigenvalue weighted by Crippen LogP contribution is -2.53. The third-order valence-electron chi connectivity index (χ3n) is 3.73. The Labute approximate surface area is 111 Å². The van der Waals surface area contributed by atoms with Crippen molar-refractivity contribution in [2.75, 3.05) is 6.61 Å². The van der Waals surface area contributed by atoms with Gasteiger partial charge in [0.25, 0.3) is 0 Å². The fraction of sp³-hybridized carbons (Fsp3) is 0.625. The van der Waals surface area contributed by atoms with Crippen molar-refractivity contribution in [2.24, 2.45) is 0 Å². The topological polar surface area (TPSA) is 21.3 Å². The second kappa shape index (κ2) is 6.35. The van der Waals surface area contributed by atoms with E-state index in [9.17, 15) is 0 Å². The SMILES string of the molecule is CCCC1(CCC)NC(c2ccccc2)CCO1. The lowest BCUT2D eigenvalue weighted by atomic mass is 9.94. The molecule has 0 bridgehead atoms. The van der Waals surface area contributed by atoms with Crippen molar-refractivity contribution < 1.29 is 4.74 Å². The summed E-state index contributed by atoms with van der Waals surface area (Å²) in [7, 11) is 0. The van der Waals surface area contributed by atoms with E-state index in [1.54, 1.807) is 0 Å². The van der Waals surface area contributed by atoms with Crippen molar-refractivity contribution in [2.45, 2.75) is 57.7 Å². The fourth-order valence-electron chi connectivity index (χ4n) is 2.96. The molecule has 1 aromatic carbocycles. The highest BCUT2D eigenvalue weighted by molar-refractivity contribution is 5.19. The average molecular weight is 247 g/mol. The minimum absolute atomic E-state index is 0.0950. The molecule has 18 heavy (non-hydrogen) atoms. The molecule has 0 amide bonds. The minimum atomic E-state index is -0.0950. The summed E-state index contributed by atoms with van der Waals surface area (Å²) in [5, 5.41) is 3.76. The highest BCUT2D eigenvalue weighted by Gasteiger charge is 2.35. The molecule has 0 aliphatic carbocycles. The maximum Gasteiger partial charge on any atom is 0.119 e. The Morgan fingerprint density at radius 1 is 1.17 bits per heavy atom. The van der Waals surface area contributed by atoms with Gasteiger partial charge in [-0.25, -0.2) is 0 Å². The minimum Gasteiger partial charge on any atom is -0.361 e. The van der Waals surface area contributed by atoms with Crippen LogP contribution in [-0.4, -0.2) is 12.3 Å². The number of nitrogens with one attached hydrogen (secondary N) is 1. The van der Waals surface area contributed by atoms with E-state index in [0.29, 0.717) is 6.04 Å². The van der Waals surface area contributed by atoms with Crippen LogP contribution in [0.2, 0.25) is 0 Å². The smallest absolute Gasteiger partial charge is 0.119 e. The lowest BCUT2D eigenvalue weighted by molar-refractivity contribution is -0.121. The average Bonchev–Trinajstić information content (AvgIpc) is 2.40. The van der Waals surface area contributed by atoms with Crippen LogP contribution in [0.4, 0.5) is 0 Å². The predicted octanol–water partition coefficient (Wildman–Crippen LogP) is 4.03. The summed E-state index contributed by atoms with van der Waals surface area (Å²) in [5.74, 6) is 0. The molecule has 1 aliphatic heterocycles. The Kier molecular flexibility index (Phi) is 4.79. The Morgan fingerprint density at radius 3 is 2.44 bits per heavy atom. The van der Waals surface area contributed by atoms with E-state index in [1.807, 2.05) is 0 Å². The Morgan fingerprint density at radius 2 is 1.83 bits per heavy atom. The van der Waals surface area contributed by atoms with Crippen LogP contribution < -0.4 is 5.32 Å². The number of benzene rings is 1. The van der Waals surface area contributed by atoms with Gasteiger partial charge in [0.2, 0.25) is 0 Å². The molecule has 1 aliphatic rings. The van der Waals surface area contributed by atoms with Gasteiger partial charge in [-0.2, -0.15) is 0 Å². The maximum atomic E-state index is 6.09. The van der Waals surface area contributed by atoms with Gasteiger partial charge >= 0.3 is 0 Å². The summed E-state index contributed by atoms with van der Waals surface area (Å²) < 4.78 is 6.09. The van der Waals surface area contributed by atoms with Crippen LogP contribution in [0.3, 0.4) is 0 Å². The molecule has 0 saturated carbocycles. The van der Waals surface area contributed by atoms with E-state index in [2.05, 4.69) is 49.5 Å². The zero-order valence-electron chi connectivity index (χ0n) is 11.6. The van der Waals surface area contributed by atoms with Crippen LogP contribution in [0, 0.1) is 0 Å². The number of hydrogen-bond acceptors (Lipinski definition) is 2. The van der Waals surface area contributed by atoms with Crippen LogP contribution in [-0.2, 0) is 4.74 Å². The molecule has 2 rings (SSSR count). The van der Waals surface area contributed by atoms with E-state index in [1.165, 1.54) is 5.56 Å². The van der Waals surface area contributed by atoms with Crippen molar-refractivity contribution in [3.05, 3.63) is 35.9 Å². The summed E-state index contributed by atoms with van der Waals surface area (Å²) in [5.41, 5.74) is 1.29. The lowest BCUT2D eigenvalue weighted by Gasteiger charge is -2.42. The van der Waals surface area contributed by atoms with Gasteiger partial charge in [-0.05, 0) is 24.8 Å². The molecular formula is C16H25NO. The van der Waals surface area contributed by atoms with Crippen molar-refractivity contribution in [3.8, 4) is 0 Å². The van der Waals surface area contributed by atoms with E-state index in [-0.39, 0.29) is 5.72 Å².